The van der Waals surface area contributed by atoms with Crippen molar-refractivity contribution in [3.8, 4) is 0 Å². The maximum absolute atomic E-state index is 11.0. The Morgan fingerprint density at radius 1 is 1.13 bits per heavy atom. The average molecular weight is 218 g/mol. The third-order valence-corrected chi connectivity index (χ3v) is 2.13. The summed E-state index contributed by atoms with van der Waals surface area (Å²) in [5.74, 6) is -0.251. The van der Waals surface area contributed by atoms with Gasteiger partial charge < -0.3 is 14.6 Å². The number of ether oxygens (including phenoxy) is 2. The van der Waals surface area contributed by atoms with Crippen molar-refractivity contribution in [3.63, 3.8) is 0 Å². The number of carbonyl (C=O) groups excluding carboxylic acids is 1. The summed E-state index contributed by atoms with van der Waals surface area (Å²) in [4.78, 5) is 11.0. The molecular formula is C11H22O4. The summed E-state index contributed by atoms with van der Waals surface area (Å²) < 4.78 is 9.17. The highest BCUT2D eigenvalue weighted by Crippen LogP contribution is 2.07. The number of unbranched alkanes of at least 4 members (excludes halogenated alkanes) is 5. The van der Waals surface area contributed by atoms with E-state index in [1.807, 2.05) is 0 Å². The fraction of sp³-hybridized carbons (Fsp3) is 0.909. The average Bonchev–Trinajstić information content (AvgIpc) is 2.23. The number of carbonyl (C=O) groups is 1. The molecule has 0 fully saturated rings. The van der Waals surface area contributed by atoms with E-state index in [9.17, 15) is 4.79 Å². The summed E-state index contributed by atoms with van der Waals surface area (Å²) in [5.41, 5.74) is 0. The molecule has 4 nitrogen and oxygen atoms in total. The van der Waals surface area contributed by atoms with Crippen molar-refractivity contribution < 1.29 is 19.4 Å². The van der Waals surface area contributed by atoms with Gasteiger partial charge in [-0.1, -0.05) is 39.0 Å². The molecule has 0 bridgehead atoms. The Labute approximate surface area is 91.6 Å². The second-order valence-corrected chi connectivity index (χ2v) is 3.49. The van der Waals surface area contributed by atoms with Gasteiger partial charge in [0.1, 0.15) is 6.79 Å². The topological polar surface area (TPSA) is 55.8 Å². The fourth-order valence-electron chi connectivity index (χ4n) is 1.27. The van der Waals surface area contributed by atoms with E-state index in [1.165, 1.54) is 25.7 Å². The lowest BCUT2D eigenvalue weighted by molar-refractivity contribution is -0.163. The molecule has 4 heteroatoms. The fourth-order valence-corrected chi connectivity index (χ4v) is 1.27. The molecule has 0 heterocycles. The van der Waals surface area contributed by atoms with Gasteiger partial charge in [0, 0.05) is 6.42 Å². The second-order valence-electron chi connectivity index (χ2n) is 3.49. The van der Waals surface area contributed by atoms with E-state index in [0.29, 0.717) is 6.42 Å². The minimum Gasteiger partial charge on any atom is -0.438 e. The largest absolute Gasteiger partial charge is 0.438 e. The van der Waals surface area contributed by atoms with Crippen LogP contribution in [0.4, 0.5) is 0 Å². The SMILES string of the molecule is CCCCCCCCC(=O)OCOCO. The van der Waals surface area contributed by atoms with Crippen molar-refractivity contribution in [1.82, 2.24) is 0 Å². The summed E-state index contributed by atoms with van der Waals surface area (Å²) in [6.07, 6.45) is 7.35. The minimum absolute atomic E-state index is 0.148. The molecular weight excluding hydrogens is 196 g/mol. The lowest BCUT2D eigenvalue weighted by Gasteiger charge is -2.03. The molecule has 1 N–H and O–H groups in total. The van der Waals surface area contributed by atoms with Crippen molar-refractivity contribution in [3.05, 3.63) is 0 Å². The third-order valence-electron chi connectivity index (χ3n) is 2.13. The molecule has 0 aromatic rings. The molecule has 0 amide bonds. The van der Waals surface area contributed by atoms with Crippen LogP contribution in [0.3, 0.4) is 0 Å². The van der Waals surface area contributed by atoms with Crippen molar-refractivity contribution >= 4 is 5.97 Å². The first kappa shape index (κ1) is 14.4. The van der Waals surface area contributed by atoms with Crippen LogP contribution in [0, 0.1) is 0 Å². The number of hydrogen-bond donors (Lipinski definition) is 1. The van der Waals surface area contributed by atoms with Crippen LogP contribution in [-0.4, -0.2) is 24.7 Å². The molecule has 0 saturated carbocycles. The zero-order valence-corrected chi connectivity index (χ0v) is 9.54. The van der Waals surface area contributed by atoms with E-state index in [0.717, 1.165) is 12.8 Å². The smallest absolute Gasteiger partial charge is 0.307 e. The Bertz CT molecular complexity index is 148. The van der Waals surface area contributed by atoms with Crippen molar-refractivity contribution in [2.24, 2.45) is 0 Å². The van der Waals surface area contributed by atoms with Crippen LogP contribution in [0.25, 0.3) is 0 Å². The molecule has 0 aliphatic heterocycles. The van der Waals surface area contributed by atoms with Gasteiger partial charge in [0.25, 0.3) is 0 Å². The molecule has 0 spiro atoms. The molecule has 0 unspecified atom stereocenters. The zero-order chi connectivity index (χ0) is 11.4. The predicted molar refractivity (Wildman–Crippen MR) is 57.1 cm³/mol. The normalized spacial score (nSPS) is 10.3. The Morgan fingerprint density at radius 3 is 2.47 bits per heavy atom. The van der Waals surface area contributed by atoms with Gasteiger partial charge >= 0.3 is 5.97 Å². The van der Waals surface area contributed by atoms with E-state index < -0.39 is 6.79 Å². The highest BCUT2D eigenvalue weighted by atomic mass is 16.7. The van der Waals surface area contributed by atoms with Crippen LogP contribution in [0.1, 0.15) is 51.9 Å². The number of esters is 1. The van der Waals surface area contributed by atoms with Gasteiger partial charge in [-0.15, -0.1) is 0 Å². The second kappa shape index (κ2) is 11.5. The molecule has 15 heavy (non-hydrogen) atoms. The Balaban J connectivity index is 3.10. The Kier molecular flexibility index (Phi) is 11.0. The first-order chi connectivity index (χ1) is 7.31. The van der Waals surface area contributed by atoms with E-state index in [-0.39, 0.29) is 12.8 Å². The number of aliphatic hydroxyl groups is 1. The van der Waals surface area contributed by atoms with Crippen molar-refractivity contribution in [2.45, 2.75) is 51.9 Å². The predicted octanol–water partition coefficient (Wildman–Crippen LogP) is 2.20. The molecule has 0 rings (SSSR count). The molecule has 90 valence electrons. The monoisotopic (exact) mass is 218 g/mol. The maximum Gasteiger partial charge on any atom is 0.307 e. The molecule has 0 aromatic carbocycles. The highest BCUT2D eigenvalue weighted by Gasteiger charge is 2.01. The molecule has 0 saturated heterocycles. The standard InChI is InChI=1S/C11H22O4/c1-2-3-4-5-6-7-8-11(13)15-10-14-9-12/h12H,2-10H2,1H3. The summed E-state index contributed by atoms with van der Waals surface area (Å²) in [5, 5.41) is 8.26. The van der Waals surface area contributed by atoms with E-state index in [4.69, 9.17) is 5.11 Å². The van der Waals surface area contributed by atoms with Crippen LogP contribution in [0.15, 0.2) is 0 Å². The molecule has 0 aliphatic carbocycles. The Hall–Kier alpha value is -0.610. The van der Waals surface area contributed by atoms with Crippen LogP contribution < -0.4 is 0 Å². The summed E-state index contributed by atoms with van der Waals surface area (Å²) >= 11 is 0. The lowest BCUT2D eigenvalue weighted by atomic mass is 10.1. The first-order valence-electron chi connectivity index (χ1n) is 5.65. The van der Waals surface area contributed by atoms with Crippen LogP contribution in [0.2, 0.25) is 0 Å². The van der Waals surface area contributed by atoms with Crippen LogP contribution >= 0.6 is 0 Å². The first-order valence-corrected chi connectivity index (χ1v) is 5.65. The minimum atomic E-state index is -0.412. The summed E-state index contributed by atoms with van der Waals surface area (Å²) in [7, 11) is 0. The van der Waals surface area contributed by atoms with Gasteiger partial charge in [0.2, 0.25) is 0 Å². The number of hydrogen-bond acceptors (Lipinski definition) is 4. The van der Waals surface area contributed by atoms with Gasteiger partial charge in [0.15, 0.2) is 6.79 Å². The number of rotatable bonds is 10. The van der Waals surface area contributed by atoms with Crippen molar-refractivity contribution in [2.75, 3.05) is 13.6 Å². The maximum atomic E-state index is 11.0. The summed E-state index contributed by atoms with van der Waals surface area (Å²) in [6, 6.07) is 0. The van der Waals surface area contributed by atoms with Crippen molar-refractivity contribution in [1.29, 1.82) is 0 Å². The van der Waals surface area contributed by atoms with Gasteiger partial charge in [-0.3, -0.25) is 4.79 Å². The highest BCUT2D eigenvalue weighted by molar-refractivity contribution is 5.69. The molecule has 0 atom stereocenters. The third kappa shape index (κ3) is 11.3. The van der Waals surface area contributed by atoms with Gasteiger partial charge in [0.05, 0.1) is 0 Å². The van der Waals surface area contributed by atoms with E-state index in [2.05, 4.69) is 16.4 Å². The van der Waals surface area contributed by atoms with Gasteiger partial charge in [-0.25, -0.2) is 0 Å². The van der Waals surface area contributed by atoms with E-state index in [1.54, 1.807) is 0 Å². The molecule has 0 radical (unpaired) electrons. The van der Waals surface area contributed by atoms with E-state index >= 15 is 0 Å². The van der Waals surface area contributed by atoms with Gasteiger partial charge in [-0.05, 0) is 6.42 Å². The van der Waals surface area contributed by atoms with Gasteiger partial charge in [-0.2, -0.15) is 0 Å². The molecule has 0 aliphatic rings. The zero-order valence-electron chi connectivity index (χ0n) is 9.54. The lowest BCUT2D eigenvalue weighted by Crippen LogP contribution is -2.08. The molecule has 0 aromatic heterocycles. The van der Waals surface area contributed by atoms with Crippen LogP contribution in [0.5, 0.6) is 0 Å². The summed E-state index contributed by atoms with van der Waals surface area (Å²) in [6.45, 7) is 1.62. The van der Waals surface area contributed by atoms with Crippen LogP contribution in [-0.2, 0) is 14.3 Å². The number of aliphatic hydroxyl groups excluding tert-OH is 1. The Morgan fingerprint density at radius 2 is 1.80 bits per heavy atom. The quantitative estimate of drug-likeness (QED) is 0.347.